The number of morpholine rings is 1. The lowest BCUT2D eigenvalue weighted by atomic mass is 10.1. The second-order valence-electron chi connectivity index (χ2n) is 6.86. The van der Waals surface area contributed by atoms with Gasteiger partial charge in [0, 0.05) is 44.5 Å². The Balaban J connectivity index is 0.00000300. The molecule has 1 fully saturated rings. The smallest absolute Gasteiger partial charge is 0.191 e. The predicted molar refractivity (Wildman–Crippen MR) is 130 cm³/mol. The molecule has 2 aromatic rings. The molecule has 1 saturated heterocycles. The van der Waals surface area contributed by atoms with Crippen LogP contribution in [0.5, 0.6) is 5.75 Å². The highest BCUT2D eigenvalue weighted by Crippen LogP contribution is 2.19. The van der Waals surface area contributed by atoms with Crippen molar-refractivity contribution in [2.75, 3.05) is 45.4 Å². The summed E-state index contributed by atoms with van der Waals surface area (Å²) in [4.78, 5) is 6.67. The summed E-state index contributed by atoms with van der Waals surface area (Å²) in [6.07, 6.45) is 0. The van der Waals surface area contributed by atoms with E-state index in [2.05, 4.69) is 63.8 Å². The molecule has 0 saturated carbocycles. The molecule has 7 heteroatoms. The molecule has 0 amide bonds. The number of rotatable bonds is 6. The molecule has 158 valence electrons. The molecule has 1 aliphatic rings. The normalized spacial score (nSPS) is 14.2. The maximum atomic E-state index is 5.47. The van der Waals surface area contributed by atoms with Gasteiger partial charge in [-0.3, -0.25) is 4.99 Å². The second-order valence-corrected chi connectivity index (χ2v) is 6.86. The predicted octanol–water partition coefficient (Wildman–Crippen LogP) is 3.32. The average Bonchev–Trinajstić information content (AvgIpc) is 2.75. The molecule has 1 heterocycles. The van der Waals surface area contributed by atoms with Gasteiger partial charge in [-0.05, 0) is 36.2 Å². The van der Waals surface area contributed by atoms with Crippen LogP contribution < -0.4 is 20.3 Å². The molecule has 29 heavy (non-hydrogen) atoms. The molecule has 0 atom stereocenters. The average molecular weight is 510 g/mol. The van der Waals surface area contributed by atoms with Crippen molar-refractivity contribution in [3.05, 3.63) is 59.2 Å². The summed E-state index contributed by atoms with van der Waals surface area (Å²) in [5.74, 6) is 1.65. The fraction of sp³-hybridized carbons (Fsp3) is 0.409. The third-order valence-electron chi connectivity index (χ3n) is 4.88. The SMILES string of the molecule is CN=C(NCc1ccc(N2CCOCC2)cc1)NCc1ccc(C)cc1OC.I. The Morgan fingerprint density at radius 3 is 2.41 bits per heavy atom. The summed E-state index contributed by atoms with van der Waals surface area (Å²) in [6, 6.07) is 14.9. The van der Waals surface area contributed by atoms with Crippen molar-refractivity contribution in [2.45, 2.75) is 20.0 Å². The molecule has 0 aliphatic carbocycles. The number of methoxy groups -OCH3 is 1. The first kappa shape index (κ1) is 23.3. The number of anilines is 1. The first-order chi connectivity index (χ1) is 13.7. The van der Waals surface area contributed by atoms with Gasteiger partial charge in [-0.1, -0.05) is 24.3 Å². The number of nitrogens with zero attached hydrogens (tertiary/aromatic N) is 2. The van der Waals surface area contributed by atoms with Crippen LogP contribution in [0.1, 0.15) is 16.7 Å². The monoisotopic (exact) mass is 510 g/mol. The second kappa shape index (κ2) is 11.9. The minimum absolute atomic E-state index is 0. The molecule has 0 spiro atoms. The van der Waals surface area contributed by atoms with Gasteiger partial charge in [-0.15, -0.1) is 24.0 Å². The first-order valence-electron chi connectivity index (χ1n) is 9.69. The highest BCUT2D eigenvalue weighted by atomic mass is 127. The third-order valence-corrected chi connectivity index (χ3v) is 4.88. The number of ether oxygens (including phenoxy) is 2. The van der Waals surface area contributed by atoms with Crippen molar-refractivity contribution < 1.29 is 9.47 Å². The quantitative estimate of drug-likeness (QED) is 0.355. The van der Waals surface area contributed by atoms with Crippen molar-refractivity contribution in [3.63, 3.8) is 0 Å². The Morgan fingerprint density at radius 1 is 1.07 bits per heavy atom. The minimum Gasteiger partial charge on any atom is -0.496 e. The van der Waals surface area contributed by atoms with Crippen LogP contribution in [0, 0.1) is 6.92 Å². The summed E-state index contributed by atoms with van der Waals surface area (Å²) in [5.41, 5.74) is 4.75. The number of guanidine groups is 1. The minimum atomic E-state index is 0. The number of nitrogens with one attached hydrogen (secondary N) is 2. The van der Waals surface area contributed by atoms with Gasteiger partial charge >= 0.3 is 0 Å². The number of aliphatic imine (C=N–C) groups is 1. The van der Waals surface area contributed by atoms with Gasteiger partial charge < -0.3 is 25.0 Å². The Kier molecular flexibility index (Phi) is 9.53. The topological polar surface area (TPSA) is 58.1 Å². The lowest BCUT2D eigenvalue weighted by Gasteiger charge is -2.28. The van der Waals surface area contributed by atoms with E-state index in [-0.39, 0.29) is 24.0 Å². The molecule has 1 aliphatic heterocycles. The molecule has 3 rings (SSSR count). The molecule has 0 unspecified atom stereocenters. The van der Waals surface area contributed by atoms with Crippen LogP contribution in [0.15, 0.2) is 47.5 Å². The fourth-order valence-electron chi connectivity index (χ4n) is 3.23. The van der Waals surface area contributed by atoms with Crippen LogP contribution >= 0.6 is 24.0 Å². The van der Waals surface area contributed by atoms with Crippen molar-refractivity contribution in [1.29, 1.82) is 0 Å². The molecule has 6 nitrogen and oxygen atoms in total. The standard InChI is InChI=1S/C22H30N4O2.HI/c1-17-4-7-19(21(14-17)27-3)16-25-22(23-2)24-15-18-5-8-20(9-6-18)26-10-12-28-13-11-26;/h4-9,14H,10-13,15-16H2,1-3H3,(H2,23,24,25);1H. The Hall–Kier alpha value is -2.00. The first-order valence-corrected chi connectivity index (χ1v) is 9.69. The summed E-state index contributed by atoms with van der Waals surface area (Å²) in [7, 11) is 3.48. The summed E-state index contributed by atoms with van der Waals surface area (Å²) >= 11 is 0. The van der Waals surface area contributed by atoms with Crippen molar-refractivity contribution in [1.82, 2.24) is 10.6 Å². The van der Waals surface area contributed by atoms with Crippen LogP contribution in [-0.4, -0.2) is 46.4 Å². The van der Waals surface area contributed by atoms with E-state index < -0.39 is 0 Å². The van der Waals surface area contributed by atoms with E-state index in [1.165, 1.54) is 16.8 Å². The van der Waals surface area contributed by atoms with Gasteiger partial charge in [0.1, 0.15) is 5.75 Å². The van der Waals surface area contributed by atoms with E-state index in [1.807, 2.05) is 6.07 Å². The molecule has 0 bridgehead atoms. The van der Waals surface area contributed by atoms with E-state index in [0.29, 0.717) is 13.1 Å². The highest BCUT2D eigenvalue weighted by Gasteiger charge is 2.11. The number of halogens is 1. The Labute approximate surface area is 190 Å². The Morgan fingerprint density at radius 2 is 1.76 bits per heavy atom. The zero-order chi connectivity index (χ0) is 19.8. The molecule has 2 aromatic carbocycles. The zero-order valence-electron chi connectivity index (χ0n) is 17.4. The van der Waals surface area contributed by atoms with Crippen molar-refractivity contribution in [2.24, 2.45) is 4.99 Å². The van der Waals surface area contributed by atoms with Crippen LogP contribution in [0.25, 0.3) is 0 Å². The van der Waals surface area contributed by atoms with Crippen LogP contribution in [0.2, 0.25) is 0 Å². The van der Waals surface area contributed by atoms with E-state index in [4.69, 9.17) is 9.47 Å². The number of benzene rings is 2. The van der Waals surface area contributed by atoms with E-state index >= 15 is 0 Å². The zero-order valence-corrected chi connectivity index (χ0v) is 19.7. The van der Waals surface area contributed by atoms with Crippen molar-refractivity contribution in [3.8, 4) is 5.75 Å². The molecule has 2 N–H and O–H groups in total. The van der Waals surface area contributed by atoms with Crippen LogP contribution in [-0.2, 0) is 17.8 Å². The highest BCUT2D eigenvalue weighted by molar-refractivity contribution is 14.0. The van der Waals surface area contributed by atoms with Crippen LogP contribution in [0.3, 0.4) is 0 Å². The molecular weight excluding hydrogens is 479 g/mol. The van der Waals surface area contributed by atoms with Gasteiger partial charge in [-0.2, -0.15) is 0 Å². The summed E-state index contributed by atoms with van der Waals surface area (Å²) in [5, 5.41) is 6.72. The molecular formula is C22H31IN4O2. The molecule has 0 aromatic heterocycles. The van der Waals surface area contributed by atoms with E-state index in [0.717, 1.165) is 43.6 Å². The number of hydrogen-bond donors (Lipinski definition) is 2. The lowest BCUT2D eigenvalue weighted by Crippen LogP contribution is -2.36. The summed E-state index contributed by atoms with van der Waals surface area (Å²) in [6.45, 7) is 6.94. The largest absolute Gasteiger partial charge is 0.496 e. The lowest BCUT2D eigenvalue weighted by molar-refractivity contribution is 0.122. The van der Waals surface area contributed by atoms with Crippen molar-refractivity contribution >= 4 is 35.6 Å². The van der Waals surface area contributed by atoms with Crippen LogP contribution in [0.4, 0.5) is 5.69 Å². The maximum Gasteiger partial charge on any atom is 0.191 e. The van der Waals surface area contributed by atoms with Gasteiger partial charge in [0.25, 0.3) is 0 Å². The third kappa shape index (κ3) is 6.78. The molecule has 0 radical (unpaired) electrons. The van der Waals surface area contributed by atoms with Gasteiger partial charge in [-0.25, -0.2) is 0 Å². The fourth-order valence-corrected chi connectivity index (χ4v) is 3.23. The van der Waals surface area contributed by atoms with E-state index in [9.17, 15) is 0 Å². The van der Waals surface area contributed by atoms with E-state index in [1.54, 1.807) is 14.2 Å². The summed E-state index contributed by atoms with van der Waals surface area (Å²) < 4.78 is 10.9. The maximum absolute atomic E-state index is 5.47. The van der Waals surface area contributed by atoms with Gasteiger partial charge in [0.2, 0.25) is 0 Å². The Bertz CT molecular complexity index is 790. The van der Waals surface area contributed by atoms with Gasteiger partial charge in [0.05, 0.1) is 20.3 Å². The number of aryl methyl sites for hydroxylation is 1. The number of hydrogen-bond acceptors (Lipinski definition) is 4. The van der Waals surface area contributed by atoms with Gasteiger partial charge in [0.15, 0.2) is 5.96 Å².